The van der Waals surface area contributed by atoms with Gasteiger partial charge in [0.25, 0.3) is 0 Å². The molecule has 3 heteroatoms. The van der Waals surface area contributed by atoms with Gasteiger partial charge in [0.2, 0.25) is 0 Å². The number of fused-ring (bicyclic) bond motifs is 1. The largest absolute Gasteiger partial charge is 0.320 e. The lowest BCUT2D eigenvalue weighted by Crippen LogP contribution is -2.09. The van der Waals surface area contributed by atoms with Crippen molar-refractivity contribution < 1.29 is 0 Å². The summed E-state index contributed by atoms with van der Waals surface area (Å²) in [5, 5.41) is 3.15. The quantitative estimate of drug-likeness (QED) is 0.768. The molecule has 0 aliphatic rings. The van der Waals surface area contributed by atoms with Crippen LogP contribution in [0.4, 0.5) is 0 Å². The molecular formula is C12H17N3. The monoisotopic (exact) mass is 203 g/mol. The normalized spacial score (nSPS) is 11.1. The van der Waals surface area contributed by atoms with Gasteiger partial charge in [0.15, 0.2) is 0 Å². The van der Waals surface area contributed by atoms with Crippen LogP contribution in [0.5, 0.6) is 0 Å². The zero-order valence-electron chi connectivity index (χ0n) is 9.33. The lowest BCUT2D eigenvalue weighted by atomic mass is 10.2. The maximum absolute atomic E-state index is 4.46. The van der Waals surface area contributed by atoms with Crippen LogP contribution >= 0.6 is 0 Å². The van der Waals surface area contributed by atoms with E-state index in [1.165, 1.54) is 11.1 Å². The molecule has 2 aromatic heterocycles. The lowest BCUT2D eigenvalue weighted by Gasteiger charge is -2.02. The first-order chi connectivity index (χ1) is 7.33. The minimum absolute atomic E-state index is 1.03. The van der Waals surface area contributed by atoms with Gasteiger partial charge in [-0.2, -0.15) is 0 Å². The molecule has 3 nitrogen and oxygen atoms in total. The van der Waals surface area contributed by atoms with Crippen molar-refractivity contribution >= 4 is 5.52 Å². The van der Waals surface area contributed by atoms with E-state index in [1.807, 2.05) is 13.2 Å². The number of aryl methyl sites for hydroxylation is 2. The van der Waals surface area contributed by atoms with Crippen LogP contribution in [-0.4, -0.2) is 23.0 Å². The van der Waals surface area contributed by atoms with E-state index in [4.69, 9.17) is 0 Å². The number of imidazole rings is 1. The third kappa shape index (κ3) is 2.02. The highest BCUT2D eigenvalue weighted by Crippen LogP contribution is 2.12. The second-order valence-electron chi connectivity index (χ2n) is 3.83. The Labute approximate surface area is 90.1 Å². The number of hydrogen-bond donors (Lipinski definition) is 1. The molecule has 2 heterocycles. The second kappa shape index (κ2) is 4.45. The first-order valence-electron chi connectivity index (χ1n) is 5.39. The molecule has 0 atom stereocenters. The van der Waals surface area contributed by atoms with E-state index in [0.29, 0.717) is 0 Å². The Bertz CT molecular complexity index is 445. The van der Waals surface area contributed by atoms with Crippen molar-refractivity contribution in [3.05, 3.63) is 35.9 Å². The molecule has 0 radical (unpaired) electrons. The molecule has 2 rings (SSSR count). The van der Waals surface area contributed by atoms with Gasteiger partial charge in [-0.1, -0.05) is 6.07 Å². The summed E-state index contributed by atoms with van der Waals surface area (Å²) < 4.78 is 2.19. The van der Waals surface area contributed by atoms with Crippen LogP contribution < -0.4 is 5.32 Å². The maximum Gasteiger partial charge on any atom is 0.113 e. The minimum atomic E-state index is 1.03. The number of nitrogens with zero attached hydrogens (tertiary/aromatic N) is 2. The van der Waals surface area contributed by atoms with E-state index in [-0.39, 0.29) is 0 Å². The first-order valence-corrected chi connectivity index (χ1v) is 5.39. The molecular weight excluding hydrogens is 186 g/mol. The number of hydrogen-bond acceptors (Lipinski definition) is 2. The predicted molar refractivity (Wildman–Crippen MR) is 62.2 cm³/mol. The number of aromatic nitrogens is 2. The fourth-order valence-electron chi connectivity index (χ4n) is 1.82. The van der Waals surface area contributed by atoms with Crippen LogP contribution in [0.2, 0.25) is 0 Å². The molecule has 0 aliphatic heterocycles. The zero-order chi connectivity index (χ0) is 10.7. The smallest absolute Gasteiger partial charge is 0.113 e. The molecule has 1 N–H and O–H groups in total. The van der Waals surface area contributed by atoms with Crippen LogP contribution in [-0.2, 0) is 6.42 Å². The molecule has 0 spiro atoms. The molecule has 2 aromatic rings. The zero-order valence-corrected chi connectivity index (χ0v) is 9.33. The van der Waals surface area contributed by atoms with Crippen molar-refractivity contribution in [1.82, 2.24) is 14.7 Å². The standard InChI is InChI=1S/C12H17N3/c1-10-5-4-8-15-11(10)9-14-12(15)6-3-7-13-2/h4-5,8-9,13H,3,6-7H2,1-2H3. The molecule has 15 heavy (non-hydrogen) atoms. The van der Waals surface area contributed by atoms with Crippen LogP contribution in [0.15, 0.2) is 24.5 Å². The molecule has 0 saturated carbocycles. The molecule has 80 valence electrons. The van der Waals surface area contributed by atoms with Gasteiger partial charge in [-0.15, -0.1) is 0 Å². The molecule has 0 saturated heterocycles. The highest BCUT2D eigenvalue weighted by Gasteiger charge is 2.03. The molecule has 0 amide bonds. The molecule has 0 bridgehead atoms. The molecule has 0 fully saturated rings. The van der Waals surface area contributed by atoms with Crippen LogP contribution in [0.3, 0.4) is 0 Å². The SMILES string of the molecule is CNCCCc1ncc2c(C)cccn12. The first kappa shape index (κ1) is 10.2. The minimum Gasteiger partial charge on any atom is -0.320 e. The van der Waals surface area contributed by atoms with E-state index in [1.54, 1.807) is 0 Å². The van der Waals surface area contributed by atoms with Gasteiger partial charge in [0, 0.05) is 12.6 Å². The third-order valence-corrected chi connectivity index (χ3v) is 2.69. The highest BCUT2D eigenvalue weighted by molar-refractivity contribution is 5.53. The topological polar surface area (TPSA) is 29.3 Å². The van der Waals surface area contributed by atoms with Crippen molar-refractivity contribution in [2.75, 3.05) is 13.6 Å². The Balaban J connectivity index is 2.25. The highest BCUT2D eigenvalue weighted by atomic mass is 15.0. The van der Waals surface area contributed by atoms with Gasteiger partial charge < -0.3 is 9.72 Å². The van der Waals surface area contributed by atoms with Crippen molar-refractivity contribution in [1.29, 1.82) is 0 Å². The summed E-state index contributed by atoms with van der Waals surface area (Å²) in [6.07, 6.45) is 6.20. The van der Waals surface area contributed by atoms with Crippen LogP contribution in [0, 0.1) is 6.92 Å². The number of rotatable bonds is 4. The Morgan fingerprint density at radius 3 is 3.13 bits per heavy atom. The van der Waals surface area contributed by atoms with Crippen molar-refractivity contribution in [3.8, 4) is 0 Å². The summed E-state index contributed by atoms with van der Waals surface area (Å²) in [4.78, 5) is 4.46. The van der Waals surface area contributed by atoms with E-state index >= 15 is 0 Å². The average molecular weight is 203 g/mol. The van der Waals surface area contributed by atoms with Crippen LogP contribution in [0.25, 0.3) is 5.52 Å². The van der Waals surface area contributed by atoms with E-state index < -0.39 is 0 Å². The summed E-state index contributed by atoms with van der Waals surface area (Å²) in [5.74, 6) is 1.16. The average Bonchev–Trinajstić information content (AvgIpc) is 2.64. The Hall–Kier alpha value is -1.35. The van der Waals surface area contributed by atoms with E-state index in [9.17, 15) is 0 Å². The predicted octanol–water partition coefficient (Wildman–Crippen LogP) is 1.79. The molecule has 0 aliphatic carbocycles. The fraction of sp³-hybridized carbons (Fsp3) is 0.417. The Morgan fingerprint density at radius 2 is 2.33 bits per heavy atom. The van der Waals surface area contributed by atoms with E-state index in [2.05, 4.69) is 40.0 Å². The van der Waals surface area contributed by atoms with Crippen molar-refractivity contribution in [2.24, 2.45) is 0 Å². The van der Waals surface area contributed by atoms with Gasteiger partial charge in [-0.25, -0.2) is 4.98 Å². The fourth-order valence-corrected chi connectivity index (χ4v) is 1.82. The van der Waals surface area contributed by atoms with Crippen molar-refractivity contribution in [2.45, 2.75) is 19.8 Å². The summed E-state index contributed by atoms with van der Waals surface area (Å²) in [6.45, 7) is 3.16. The molecule has 0 unspecified atom stereocenters. The lowest BCUT2D eigenvalue weighted by molar-refractivity contribution is 0.701. The third-order valence-electron chi connectivity index (χ3n) is 2.69. The summed E-state index contributed by atoms with van der Waals surface area (Å²) >= 11 is 0. The molecule has 0 aromatic carbocycles. The maximum atomic E-state index is 4.46. The van der Waals surface area contributed by atoms with Gasteiger partial charge in [0.05, 0.1) is 11.7 Å². The number of nitrogens with one attached hydrogen (secondary N) is 1. The summed E-state index contributed by atoms with van der Waals surface area (Å²) in [6, 6.07) is 4.19. The number of pyridine rings is 1. The van der Waals surface area contributed by atoms with Crippen molar-refractivity contribution in [3.63, 3.8) is 0 Å². The van der Waals surface area contributed by atoms with Gasteiger partial charge in [0.1, 0.15) is 5.82 Å². The van der Waals surface area contributed by atoms with E-state index in [0.717, 1.165) is 25.2 Å². The Kier molecular flexibility index (Phi) is 3.02. The summed E-state index contributed by atoms with van der Waals surface area (Å²) in [5.41, 5.74) is 2.50. The van der Waals surface area contributed by atoms with Gasteiger partial charge >= 0.3 is 0 Å². The van der Waals surface area contributed by atoms with Gasteiger partial charge in [-0.05, 0) is 38.6 Å². The van der Waals surface area contributed by atoms with Gasteiger partial charge in [-0.3, -0.25) is 0 Å². The Morgan fingerprint density at radius 1 is 1.47 bits per heavy atom. The summed E-state index contributed by atoms with van der Waals surface area (Å²) in [7, 11) is 1.98. The van der Waals surface area contributed by atoms with Crippen LogP contribution in [0.1, 0.15) is 17.8 Å². The second-order valence-corrected chi connectivity index (χ2v) is 3.83.